The Bertz CT molecular complexity index is 1130. The maximum Gasteiger partial charge on any atom is 0.416 e. The van der Waals surface area contributed by atoms with E-state index in [0.29, 0.717) is 0 Å². The largest absolute Gasteiger partial charge is 0.481 e. The van der Waals surface area contributed by atoms with Crippen molar-refractivity contribution in [2.45, 2.75) is 25.9 Å². The number of rotatable bonds is 6. The van der Waals surface area contributed by atoms with Crippen molar-refractivity contribution >= 4 is 23.7 Å². The van der Waals surface area contributed by atoms with Crippen molar-refractivity contribution < 1.29 is 32.6 Å². The predicted molar refractivity (Wildman–Crippen MR) is 118 cm³/mol. The van der Waals surface area contributed by atoms with Gasteiger partial charge in [-0.05, 0) is 37.1 Å². The number of hydrogen-bond donors (Lipinski definition) is 1. The number of hydrogen-bond acceptors (Lipinski definition) is 4. The average Bonchev–Trinajstić information content (AvgIpc) is 2.76. The highest BCUT2D eigenvalue weighted by molar-refractivity contribution is 6.06. The minimum absolute atomic E-state index is 0.0533. The van der Waals surface area contributed by atoms with Gasteiger partial charge in [0, 0.05) is 17.3 Å². The Balaban J connectivity index is 1.94. The van der Waals surface area contributed by atoms with Gasteiger partial charge in [0.15, 0.2) is 0 Å². The van der Waals surface area contributed by atoms with Crippen molar-refractivity contribution in [1.29, 1.82) is 0 Å². The standard InChI is InChI=1S/C25H22F3NO4/c1-15-20(23(30)31)22(18-11-6-12-19(14-18)25(26,27)28)21(16(2)29-15)24(32)33-13-7-10-17-8-4-3-5-9-17/h3-12,14,20,22H,13H2,1-2H3,(H,30,31). The molecular formula is C25H22F3NO4. The number of nitrogens with zero attached hydrogens (tertiary/aromatic N) is 1. The summed E-state index contributed by atoms with van der Waals surface area (Å²) in [7, 11) is 0. The van der Waals surface area contributed by atoms with E-state index in [-0.39, 0.29) is 29.2 Å². The third-order valence-corrected chi connectivity index (χ3v) is 5.31. The summed E-state index contributed by atoms with van der Waals surface area (Å²) < 4.78 is 45.2. The SMILES string of the molecule is CC1=NC(C)=C(C(=O)OCC=Cc2ccccc2)C(c2cccc(C(F)(F)F)c2)C1C(=O)O. The molecule has 2 unspecified atom stereocenters. The van der Waals surface area contributed by atoms with Gasteiger partial charge in [-0.3, -0.25) is 9.79 Å². The van der Waals surface area contributed by atoms with E-state index in [4.69, 9.17) is 4.74 Å². The maximum absolute atomic E-state index is 13.3. The Morgan fingerprint density at radius 3 is 2.42 bits per heavy atom. The minimum atomic E-state index is -4.62. The summed E-state index contributed by atoms with van der Waals surface area (Å²) in [5.41, 5.74) is 0.362. The van der Waals surface area contributed by atoms with Crippen molar-refractivity contribution in [2.24, 2.45) is 10.9 Å². The van der Waals surface area contributed by atoms with Crippen LogP contribution >= 0.6 is 0 Å². The van der Waals surface area contributed by atoms with Crippen LogP contribution in [-0.4, -0.2) is 29.4 Å². The molecule has 0 saturated carbocycles. The molecular weight excluding hydrogens is 435 g/mol. The van der Waals surface area contributed by atoms with Crippen LogP contribution in [0.3, 0.4) is 0 Å². The second kappa shape index (κ2) is 9.85. The summed E-state index contributed by atoms with van der Waals surface area (Å²) in [5, 5.41) is 9.81. The van der Waals surface area contributed by atoms with Gasteiger partial charge in [0.25, 0.3) is 0 Å². The third kappa shape index (κ3) is 5.58. The first-order valence-corrected chi connectivity index (χ1v) is 10.1. The van der Waals surface area contributed by atoms with Crippen LogP contribution in [0.2, 0.25) is 0 Å². The number of carboxylic acid groups (broad SMARTS) is 1. The molecule has 0 aliphatic carbocycles. The van der Waals surface area contributed by atoms with Crippen LogP contribution in [0.5, 0.6) is 0 Å². The van der Waals surface area contributed by atoms with Gasteiger partial charge in [0.1, 0.15) is 12.5 Å². The fourth-order valence-electron chi connectivity index (χ4n) is 3.84. The molecule has 0 fully saturated rings. The lowest BCUT2D eigenvalue weighted by Crippen LogP contribution is -2.35. The van der Waals surface area contributed by atoms with Crippen molar-refractivity contribution in [1.82, 2.24) is 0 Å². The number of halogens is 3. The molecule has 0 bridgehead atoms. The molecule has 8 heteroatoms. The molecule has 1 N–H and O–H groups in total. The molecule has 0 saturated heterocycles. The Morgan fingerprint density at radius 2 is 1.79 bits per heavy atom. The molecule has 0 aromatic heterocycles. The smallest absolute Gasteiger partial charge is 0.416 e. The highest BCUT2D eigenvalue weighted by Crippen LogP contribution is 2.41. The zero-order valence-corrected chi connectivity index (χ0v) is 18.0. The highest BCUT2D eigenvalue weighted by atomic mass is 19.4. The fraction of sp³-hybridized carbons (Fsp3) is 0.240. The number of esters is 1. The van der Waals surface area contributed by atoms with Gasteiger partial charge in [0.05, 0.1) is 11.1 Å². The first-order valence-electron chi connectivity index (χ1n) is 10.1. The van der Waals surface area contributed by atoms with Crippen molar-refractivity contribution in [3.05, 3.63) is 88.6 Å². The van der Waals surface area contributed by atoms with E-state index in [1.807, 2.05) is 30.3 Å². The highest BCUT2D eigenvalue weighted by Gasteiger charge is 2.42. The van der Waals surface area contributed by atoms with Crippen LogP contribution in [-0.2, 0) is 20.5 Å². The summed E-state index contributed by atoms with van der Waals surface area (Å²) in [6.45, 7) is 2.90. The number of carboxylic acids is 1. The van der Waals surface area contributed by atoms with Crippen LogP contribution in [0.1, 0.15) is 36.5 Å². The van der Waals surface area contributed by atoms with E-state index in [2.05, 4.69) is 4.99 Å². The van der Waals surface area contributed by atoms with E-state index >= 15 is 0 Å². The van der Waals surface area contributed by atoms with Gasteiger partial charge in [-0.15, -0.1) is 0 Å². The summed E-state index contributed by atoms with van der Waals surface area (Å²) >= 11 is 0. The number of ether oxygens (including phenoxy) is 1. The number of aliphatic carboxylic acids is 1. The Labute approximate surface area is 188 Å². The summed E-state index contributed by atoms with van der Waals surface area (Å²) in [6.07, 6.45) is -1.25. The molecule has 2 aromatic rings. The quantitative estimate of drug-likeness (QED) is 0.582. The molecule has 0 amide bonds. The Kier molecular flexibility index (Phi) is 7.16. The number of alkyl halides is 3. The summed E-state index contributed by atoms with van der Waals surface area (Å²) in [6, 6.07) is 13.6. The molecule has 0 spiro atoms. The molecule has 33 heavy (non-hydrogen) atoms. The van der Waals surface area contributed by atoms with Gasteiger partial charge in [-0.2, -0.15) is 13.2 Å². The molecule has 1 aliphatic heterocycles. The number of aliphatic imine (C=N–C) groups is 1. The van der Waals surface area contributed by atoms with E-state index < -0.39 is 35.5 Å². The number of allylic oxidation sites excluding steroid dienone is 1. The van der Waals surface area contributed by atoms with E-state index in [9.17, 15) is 27.9 Å². The number of carbonyl (C=O) groups is 2. The third-order valence-electron chi connectivity index (χ3n) is 5.31. The average molecular weight is 457 g/mol. The molecule has 3 rings (SSSR count). The van der Waals surface area contributed by atoms with Gasteiger partial charge < -0.3 is 9.84 Å². The van der Waals surface area contributed by atoms with Crippen molar-refractivity contribution in [3.8, 4) is 0 Å². The second-order valence-electron chi connectivity index (χ2n) is 7.58. The Morgan fingerprint density at radius 1 is 1.09 bits per heavy atom. The van der Waals surface area contributed by atoms with Gasteiger partial charge in [-0.1, -0.05) is 54.6 Å². The van der Waals surface area contributed by atoms with E-state index in [1.165, 1.54) is 26.0 Å². The maximum atomic E-state index is 13.3. The number of benzene rings is 2. The lowest BCUT2D eigenvalue weighted by atomic mass is 9.75. The normalized spacial score (nSPS) is 18.9. The van der Waals surface area contributed by atoms with E-state index in [1.54, 1.807) is 12.2 Å². The first kappa shape index (κ1) is 24.0. The molecule has 172 valence electrons. The van der Waals surface area contributed by atoms with Crippen LogP contribution in [0.4, 0.5) is 13.2 Å². The predicted octanol–water partition coefficient (Wildman–Crippen LogP) is 5.49. The zero-order chi connectivity index (χ0) is 24.2. The topological polar surface area (TPSA) is 76.0 Å². The van der Waals surface area contributed by atoms with Crippen LogP contribution in [0, 0.1) is 5.92 Å². The molecule has 1 aliphatic rings. The number of carbonyl (C=O) groups excluding carboxylic acids is 1. The molecule has 2 aromatic carbocycles. The van der Waals surface area contributed by atoms with Crippen LogP contribution in [0.25, 0.3) is 6.08 Å². The van der Waals surface area contributed by atoms with Gasteiger partial charge in [0.2, 0.25) is 0 Å². The van der Waals surface area contributed by atoms with Crippen molar-refractivity contribution in [3.63, 3.8) is 0 Å². The summed E-state index contributed by atoms with van der Waals surface area (Å²) in [4.78, 5) is 29.2. The second-order valence-corrected chi connectivity index (χ2v) is 7.58. The van der Waals surface area contributed by atoms with E-state index in [0.717, 1.165) is 17.7 Å². The monoisotopic (exact) mass is 457 g/mol. The lowest BCUT2D eigenvalue weighted by molar-refractivity contribution is -0.140. The zero-order valence-electron chi connectivity index (χ0n) is 18.0. The Hall–Kier alpha value is -3.68. The van der Waals surface area contributed by atoms with Gasteiger partial charge in [-0.25, -0.2) is 4.79 Å². The minimum Gasteiger partial charge on any atom is -0.481 e. The molecule has 5 nitrogen and oxygen atoms in total. The van der Waals surface area contributed by atoms with Crippen LogP contribution < -0.4 is 0 Å². The first-order chi connectivity index (χ1) is 15.6. The fourth-order valence-corrected chi connectivity index (χ4v) is 3.84. The van der Waals surface area contributed by atoms with Gasteiger partial charge >= 0.3 is 18.1 Å². The van der Waals surface area contributed by atoms with Crippen LogP contribution in [0.15, 0.2) is 76.9 Å². The van der Waals surface area contributed by atoms with Crippen molar-refractivity contribution in [2.75, 3.05) is 6.61 Å². The molecule has 1 heterocycles. The molecule has 2 atom stereocenters. The lowest BCUT2D eigenvalue weighted by Gasteiger charge is -2.30. The summed E-state index contributed by atoms with van der Waals surface area (Å²) in [5.74, 6) is -4.59. The molecule has 0 radical (unpaired) electrons.